The molecule has 3 N–H and O–H groups in total. The van der Waals surface area contributed by atoms with Crippen LogP contribution >= 0.6 is 11.8 Å². The van der Waals surface area contributed by atoms with E-state index in [1.54, 1.807) is 24.3 Å². The molecule has 1 fully saturated rings. The number of rotatable bonds is 10. The highest BCUT2D eigenvalue weighted by Crippen LogP contribution is 2.40. The third-order valence-electron chi connectivity index (χ3n) is 7.31. The van der Waals surface area contributed by atoms with Crippen LogP contribution in [0, 0.1) is 13.5 Å². The van der Waals surface area contributed by atoms with Crippen LogP contribution in [-0.4, -0.2) is 59.1 Å². The Morgan fingerprint density at radius 2 is 1.71 bits per heavy atom. The van der Waals surface area contributed by atoms with Gasteiger partial charge in [-0.1, -0.05) is 78.9 Å². The number of benzene rings is 3. The molecule has 0 radical (unpaired) electrons. The molecule has 3 aromatic carbocycles. The lowest BCUT2D eigenvalue weighted by molar-refractivity contribution is -0.147. The van der Waals surface area contributed by atoms with Gasteiger partial charge in [0, 0.05) is 11.3 Å². The van der Waals surface area contributed by atoms with Gasteiger partial charge in [0.15, 0.2) is 5.69 Å². The first kappa shape index (κ1) is 31.3. The number of hydrogen-bond donors (Lipinski definition) is 3. The summed E-state index contributed by atoms with van der Waals surface area (Å²) in [5, 5.41) is 14.3. The van der Waals surface area contributed by atoms with Gasteiger partial charge in [-0.2, -0.15) is 0 Å². The molecule has 0 saturated carbocycles. The van der Waals surface area contributed by atoms with E-state index >= 15 is 0 Å². The summed E-state index contributed by atoms with van der Waals surface area (Å²) >= 11 is 1.41. The average Bonchev–Trinajstić information content (AvgIpc) is 3.30. The lowest BCUT2D eigenvalue weighted by Gasteiger charge is -2.33. The van der Waals surface area contributed by atoms with Gasteiger partial charge in [-0.25, -0.2) is 18.0 Å². The van der Waals surface area contributed by atoms with Gasteiger partial charge in [-0.05, 0) is 43.9 Å². The predicted molar refractivity (Wildman–Crippen MR) is 163 cm³/mol. The highest BCUT2D eigenvalue weighted by Gasteiger charge is 2.50. The van der Waals surface area contributed by atoms with Crippen LogP contribution in [0.5, 0.6) is 0 Å². The van der Waals surface area contributed by atoms with E-state index in [9.17, 15) is 23.1 Å². The molecule has 42 heavy (non-hydrogen) atoms. The van der Waals surface area contributed by atoms with Crippen LogP contribution in [0.15, 0.2) is 83.8 Å². The minimum absolute atomic E-state index is 0.0294. The molecule has 0 bridgehead atoms. The van der Waals surface area contributed by atoms with Crippen molar-refractivity contribution in [3.63, 3.8) is 0 Å². The fourth-order valence-electron chi connectivity index (χ4n) is 4.90. The second kappa shape index (κ2) is 13.1. The van der Waals surface area contributed by atoms with Crippen molar-refractivity contribution in [1.29, 1.82) is 0 Å². The summed E-state index contributed by atoms with van der Waals surface area (Å²) in [5.74, 6) is -0.932. The minimum Gasteiger partial charge on any atom is -0.382 e. The SMILES string of the molecule is [C-]#[N+]c1ccc(S(=O)(=O)NC(Cc2ccccc2)C(O)C(=O)N2CSC(C)(C)[C@H]2C(=O)NCc2ccccc2C)cc1. The van der Waals surface area contributed by atoms with Crippen LogP contribution < -0.4 is 10.0 Å². The molecule has 1 heterocycles. The van der Waals surface area contributed by atoms with Crippen molar-refractivity contribution >= 4 is 39.3 Å². The molecule has 1 aliphatic rings. The van der Waals surface area contributed by atoms with Crippen LogP contribution in [0.25, 0.3) is 4.85 Å². The van der Waals surface area contributed by atoms with Gasteiger partial charge < -0.3 is 15.3 Å². The van der Waals surface area contributed by atoms with Crippen molar-refractivity contribution < 1.29 is 23.1 Å². The van der Waals surface area contributed by atoms with Crippen LogP contribution in [-0.2, 0) is 32.6 Å². The molecule has 0 aromatic heterocycles. The summed E-state index contributed by atoms with van der Waals surface area (Å²) in [6, 6.07) is 19.9. The Bertz CT molecular complexity index is 1570. The molecule has 4 rings (SSSR count). The van der Waals surface area contributed by atoms with Crippen molar-refractivity contribution in [2.45, 2.75) is 61.6 Å². The molecule has 0 spiro atoms. The van der Waals surface area contributed by atoms with Gasteiger partial charge in [-0.3, -0.25) is 9.59 Å². The van der Waals surface area contributed by atoms with Crippen LogP contribution in [0.4, 0.5) is 5.69 Å². The summed E-state index contributed by atoms with van der Waals surface area (Å²) in [6.07, 6.45) is -1.74. The molecule has 220 valence electrons. The molecule has 1 aliphatic heterocycles. The van der Waals surface area contributed by atoms with Crippen molar-refractivity contribution in [2.75, 3.05) is 5.88 Å². The summed E-state index contributed by atoms with van der Waals surface area (Å²) in [6.45, 7) is 13.1. The van der Waals surface area contributed by atoms with E-state index in [0.29, 0.717) is 5.56 Å². The predicted octanol–water partition coefficient (Wildman–Crippen LogP) is 3.79. The molecular formula is C31H34N4O5S2. The van der Waals surface area contributed by atoms with Crippen molar-refractivity contribution in [2.24, 2.45) is 0 Å². The maximum Gasteiger partial charge on any atom is 0.254 e. The molecular weight excluding hydrogens is 572 g/mol. The Morgan fingerprint density at radius 3 is 2.36 bits per heavy atom. The number of aliphatic hydroxyl groups excluding tert-OH is 1. The smallest absolute Gasteiger partial charge is 0.254 e. The molecule has 0 aliphatic carbocycles. The Morgan fingerprint density at radius 1 is 1.07 bits per heavy atom. The van der Waals surface area contributed by atoms with E-state index in [2.05, 4.69) is 14.9 Å². The molecule has 2 unspecified atom stereocenters. The second-order valence-electron chi connectivity index (χ2n) is 10.7. The number of aliphatic hydroxyl groups is 1. The molecule has 3 aromatic rings. The first-order valence-electron chi connectivity index (χ1n) is 13.4. The normalized spacial score (nSPS) is 17.7. The average molecular weight is 607 g/mol. The summed E-state index contributed by atoms with van der Waals surface area (Å²) in [5.41, 5.74) is 2.98. The van der Waals surface area contributed by atoms with E-state index in [0.717, 1.165) is 11.1 Å². The lowest BCUT2D eigenvalue weighted by atomic mass is 9.97. The van der Waals surface area contributed by atoms with E-state index in [-0.39, 0.29) is 35.3 Å². The Labute approximate surface area is 251 Å². The van der Waals surface area contributed by atoms with Crippen LogP contribution in [0.1, 0.15) is 30.5 Å². The molecule has 9 nitrogen and oxygen atoms in total. The quantitative estimate of drug-likeness (QED) is 0.302. The highest BCUT2D eigenvalue weighted by atomic mass is 32.2. The number of carbonyl (C=O) groups is 2. The largest absolute Gasteiger partial charge is 0.382 e. The Kier molecular flexibility index (Phi) is 9.74. The highest BCUT2D eigenvalue weighted by molar-refractivity contribution is 8.00. The first-order valence-corrected chi connectivity index (χ1v) is 15.9. The number of nitrogens with one attached hydrogen (secondary N) is 2. The molecule has 11 heteroatoms. The van der Waals surface area contributed by atoms with Crippen molar-refractivity contribution in [3.8, 4) is 0 Å². The topological polar surface area (TPSA) is 120 Å². The van der Waals surface area contributed by atoms with Gasteiger partial charge in [-0.15, -0.1) is 11.8 Å². The van der Waals surface area contributed by atoms with E-state index in [4.69, 9.17) is 6.57 Å². The summed E-state index contributed by atoms with van der Waals surface area (Å²) in [4.78, 5) is 31.8. The summed E-state index contributed by atoms with van der Waals surface area (Å²) < 4.78 is 28.5. The standard InChI is InChI=1S/C31H34N4O5S2/c1-21-10-8-9-13-23(21)19-33-29(37)28-31(2,3)41-20-35(28)30(38)27(36)26(18-22-11-6-5-7-12-22)34-42(39,40)25-16-14-24(32-4)15-17-25/h5-17,26-28,34,36H,18-20H2,1-3H3,(H,33,37)/t26?,27?,28-/m1/s1. The van der Waals surface area contributed by atoms with Gasteiger partial charge in [0.25, 0.3) is 5.91 Å². The van der Waals surface area contributed by atoms with E-state index in [1.807, 2.05) is 51.1 Å². The fraction of sp³-hybridized carbons (Fsp3) is 0.323. The monoisotopic (exact) mass is 606 g/mol. The second-order valence-corrected chi connectivity index (χ2v) is 14.0. The van der Waals surface area contributed by atoms with Crippen LogP contribution in [0.3, 0.4) is 0 Å². The fourth-order valence-corrected chi connectivity index (χ4v) is 7.28. The summed E-state index contributed by atoms with van der Waals surface area (Å²) in [7, 11) is -4.17. The number of carbonyl (C=O) groups excluding carboxylic acids is 2. The third kappa shape index (κ3) is 7.20. The van der Waals surface area contributed by atoms with Gasteiger partial charge >= 0.3 is 0 Å². The molecule has 3 atom stereocenters. The van der Waals surface area contributed by atoms with E-state index < -0.39 is 38.9 Å². The number of hydrogen-bond acceptors (Lipinski definition) is 6. The lowest BCUT2D eigenvalue weighted by Crippen LogP contribution is -2.58. The Hall–Kier alpha value is -3.69. The van der Waals surface area contributed by atoms with E-state index in [1.165, 1.54) is 40.9 Å². The third-order valence-corrected chi connectivity index (χ3v) is 10.2. The zero-order valence-electron chi connectivity index (χ0n) is 23.7. The maximum atomic E-state index is 13.8. The van der Waals surface area contributed by atoms with Crippen LogP contribution in [0.2, 0.25) is 0 Å². The number of amides is 2. The zero-order chi connectivity index (χ0) is 30.5. The van der Waals surface area contributed by atoms with Gasteiger partial charge in [0.05, 0.1) is 23.4 Å². The molecule has 2 amide bonds. The number of nitrogens with zero attached hydrogens (tertiary/aromatic N) is 2. The van der Waals surface area contributed by atoms with Gasteiger partial charge in [0.2, 0.25) is 15.9 Å². The maximum absolute atomic E-state index is 13.8. The number of thioether (sulfide) groups is 1. The van der Waals surface area contributed by atoms with Crippen molar-refractivity contribution in [3.05, 3.63) is 107 Å². The van der Waals surface area contributed by atoms with Gasteiger partial charge in [0.1, 0.15) is 12.1 Å². The molecule has 1 saturated heterocycles. The first-order chi connectivity index (χ1) is 19.9. The Balaban J connectivity index is 1.58. The minimum atomic E-state index is -4.17. The number of aryl methyl sites for hydroxylation is 1. The zero-order valence-corrected chi connectivity index (χ0v) is 25.3. The van der Waals surface area contributed by atoms with Crippen molar-refractivity contribution in [1.82, 2.24) is 14.9 Å². The number of sulfonamides is 1.